The predicted molar refractivity (Wildman–Crippen MR) is 131 cm³/mol. The molecule has 2 atom stereocenters. The van der Waals surface area contributed by atoms with Crippen LogP contribution in [0.5, 0.6) is 0 Å². The Bertz CT molecular complexity index is 322. The van der Waals surface area contributed by atoms with Crippen LogP contribution >= 0.6 is 0 Å². The van der Waals surface area contributed by atoms with Gasteiger partial charge in [0.2, 0.25) is 0 Å². The molecule has 0 bridgehead atoms. The zero-order valence-electron chi connectivity index (χ0n) is 20.7. The van der Waals surface area contributed by atoms with Crippen LogP contribution in [0.4, 0.5) is 0 Å². The van der Waals surface area contributed by atoms with Gasteiger partial charge >= 0.3 is 0 Å². The third-order valence-electron chi connectivity index (χ3n) is 6.93. The van der Waals surface area contributed by atoms with Gasteiger partial charge in [-0.3, -0.25) is 0 Å². The zero-order chi connectivity index (χ0) is 21.1. The number of methoxy groups -OCH3 is 1. The highest BCUT2D eigenvalue weighted by molar-refractivity contribution is 6.10. The number of nitrogens with zero attached hydrogens (tertiary/aromatic N) is 1. The summed E-state index contributed by atoms with van der Waals surface area (Å²) in [6.07, 6.45) is 24.4. The summed E-state index contributed by atoms with van der Waals surface area (Å²) in [4.78, 5) is 0. The molecule has 0 aliphatic carbocycles. The molecule has 0 aromatic rings. The normalized spacial score (nSPS) is 14.5. The summed E-state index contributed by atoms with van der Waals surface area (Å²) >= 11 is 0. The molecule has 0 N–H and O–H groups in total. The number of hydrogen-bond acceptors (Lipinski definition) is 1. The molecular formula is C25H56NOSi+. The van der Waals surface area contributed by atoms with E-state index in [1.165, 1.54) is 116 Å². The van der Waals surface area contributed by atoms with Crippen molar-refractivity contribution in [2.75, 3.05) is 27.7 Å². The maximum atomic E-state index is 5.47. The van der Waals surface area contributed by atoms with Gasteiger partial charge in [0.15, 0.2) is 0 Å². The van der Waals surface area contributed by atoms with Gasteiger partial charge in [0, 0.05) is 29.5 Å². The minimum absolute atomic E-state index is 0.524. The molecule has 28 heavy (non-hydrogen) atoms. The van der Waals surface area contributed by atoms with Crippen molar-refractivity contribution in [3.05, 3.63) is 0 Å². The quantitative estimate of drug-likeness (QED) is 0.119. The van der Waals surface area contributed by atoms with Gasteiger partial charge in [0.05, 0.1) is 26.7 Å². The van der Waals surface area contributed by atoms with E-state index in [2.05, 4.69) is 27.9 Å². The Hall–Kier alpha value is 0.137. The lowest BCUT2D eigenvalue weighted by Gasteiger charge is -2.37. The first-order valence-electron chi connectivity index (χ1n) is 12.8. The van der Waals surface area contributed by atoms with Crippen molar-refractivity contribution < 1.29 is 9.22 Å². The minimum Gasteiger partial charge on any atom is -0.386 e. The molecule has 0 aliphatic heterocycles. The summed E-state index contributed by atoms with van der Waals surface area (Å²) in [5.41, 5.74) is 0.524. The molecular weight excluding hydrogens is 358 g/mol. The fourth-order valence-corrected chi connectivity index (χ4v) is 4.27. The monoisotopic (exact) mass is 414 g/mol. The van der Waals surface area contributed by atoms with Gasteiger partial charge < -0.3 is 9.22 Å². The van der Waals surface area contributed by atoms with Crippen LogP contribution < -0.4 is 0 Å². The second kappa shape index (κ2) is 19.1. The fraction of sp³-hybridized carbons (Fsp3) is 1.00. The zero-order valence-corrected chi connectivity index (χ0v) is 22.7. The van der Waals surface area contributed by atoms with E-state index < -0.39 is 0 Å². The van der Waals surface area contributed by atoms with Gasteiger partial charge in [-0.2, -0.15) is 0 Å². The smallest absolute Gasteiger partial charge is 0.0857 e. The van der Waals surface area contributed by atoms with Crippen molar-refractivity contribution in [2.45, 2.75) is 135 Å². The summed E-state index contributed by atoms with van der Waals surface area (Å²) in [5.74, 6) is 0. The largest absolute Gasteiger partial charge is 0.386 e. The summed E-state index contributed by atoms with van der Waals surface area (Å²) in [6.45, 7) is 5.99. The SMILES string of the molecule is CCCCCCCCCCCCCCCCCC(C)[N+](C)(C)CCC([SiH3])OC. The Morgan fingerprint density at radius 1 is 0.679 bits per heavy atom. The number of rotatable bonds is 21. The lowest BCUT2D eigenvalue weighted by atomic mass is 10.0. The third-order valence-corrected chi connectivity index (χ3v) is 7.98. The summed E-state index contributed by atoms with van der Waals surface area (Å²) < 4.78 is 6.62. The van der Waals surface area contributed by atoms with Crippen molar-refractivity contribution in [3.8, 4) is 0 Å². The molecule has 3 heteroatoms. The van der Waals surface area contributed by atoms with Crippen molar-refractivity contribution in [2.24, 2.45) is 0 Å². The first-order valence-corrected chi connectivity index (χ1v) is 13.9. The molecule has 0 spiro atoms. The Kier molecular flexibility index (Phi) is 19.2. The first-order chi connectivity index (χ1) is 13.4. The Labute approximate surface area is 182 Å². The molecule has 170 valence electrons. The van der Waals surface area contributed by atoms with E-state index in [1.54, 1.807) is 0 Å². The fourth-order valence-electron chi connectivity index (χ4n) is 4.01. The number of ether oxygens (including phenoxy) is 1. The molecule has 0 aromatic carbocycles. The highest BCUT2D eigenvalue weighted by atomic mass is 28.1. The van der Waals surface area contributed by atoms with Crippen LogP contribution in [0, 0.1) is 0 Å². The van der Waals surface area contributed by atoms with Crippen LogP contribution in [0.2, 0.25) is 0 Å². The van der Waals surface area contributed by atoms with E-state index in [1.807, 2.05) is 7.11 Å². The van der Waals surface area contributed by atoms with Crippen LogP contribution in [0.1, 0.15) is 123 Å². The number of unbranched alkanes of at least 4 members (excludes halogenated alkanes) is 14. The highest BCUT2D eigenvalue weighted by Crippen LogP contribution is 2.17. The predicted octanol–water partition coefficient (Wildman–Crippen LogP) is 6.44. The van der Waals surface area contributed by atoms with E-state index in [9.17, 15) is 0 Å². The molecule has 0 rings (SSSR count). The van der Waals surface area contributed by atoms with Crippen LogP contribution in [0.25, 0.3) is 0 Å². The maximum Gasteiger partial charge on any atom is 0.0857 e. The topological polar surface area (TPSA) is 9.23 Å². The van der Waals surface area contributed by atoms with Crippen molar-refractivity contribution in [1.29, 1.82) is 0 Å². The first kappa shape index (κ1) is 28.1. The van der Waals surface area contributed by atoms with Gasteiger partial charge in [-0.25, -0.2) is 0 Å². The summed E-state index contributed by atoms with van der Waals surface area (Å²) in [6, 6.07) is 0.771. The van der Waals surface area contributed by atoms with Crippen molar-refractivity contribution in [1.82, 2.24) is 0 Å². The number of quaternary nitrogens is 1. The van der Waals surface area contributed by atoms with Crippen LogP contribution in [-0.2, 0) is 4.74 Å². The Balaban J connectivity index is 3.40. The van der Waals surface area contributed by atoms with Gasteiger partial charge in [-0.15, -0.1) is 0 Å². The van der Waals surface area contributed by atoms with Gasteiger partial charge in [-0.05, 0) is 19.8 Å². The van der Waals surface area contributed by atoms with Gasteiger partial charge in [0.1, 0.15) is 0 Å². The van der Waals surface area contributed by atoms with Gasteiger partial charge in [-0.1, -0.05) is 96.8 Å². The van der Waals surface area contributed by atoms with Crippen LogP contribution in [0.15, 0.2) is 0 Å². The van der Waals surface area contributed by atoms with Gasteiger partial charge in [0.25, 0.3) is 0 Å². The summed E-state index contributed by atoms with van der Waals surface area (Å²) in [7, 11) is 7.81. The molecule has 0 saturated carbocycles. The minimum atomic E-state index is 0.524. The molecule has 0 saturated heterocycles. The molecule has 0 amide bonds. The molecule has 2 unspecified atom stereocenters. The Morgan fingerprint density at radius 3 is 1.46 bits per heavy atom. The summed E-state index contributed by atoms with van der Waals surface area (Å²) in [5, 5.41) is 0. The van der Waals surface area contributed by atoms with Crippen molar-refractivity contribution in [3.63, 3.8) is 0 Å². The molecule has 0 aromatic heterocycles. The Morgan fingerprint density at radius 2 is 1.07 bits per heavy atom. The van der Waals surface area contributed by atoms with Crippen molar-refractivity contribution >= 4 is 10.2 Å². The average molecular weight is 415 g/mol. The number of hydrogen-bond donors (Lipinski definition) is 0. The standard InChI is InChI=1S/C25H56NOSi/c1-6-7-8-9-10-11-12-13-14-15-16-17-18-19-20-21-24(2)26(3,4)23-22-25(28)27-5/h24-25H,6-23H2,1-5,28H3/q+1. The van der Waals surface area contributed by atoms with E-state index >= 15 is 0 Å². The second-order valence-electron chi connectivity index (χ2n) is 9.92. The molecule has 0 radical (unpaired) electrons. The van der Waals surface area contributed by atoms with E-state index in [-0.39, 0.29) is 0 Å². The van der Waals surface area contributed by atoms with E-state index in [0.29, 0.717) is 5.73 Å². The van der Waals surface area contributed by atoms with Crippen LogP contribution in [0.3, 0.4) is 0 Å². The lowest BCUT2D eigenvalue weighted by molar-refractivity contribution is -0.913. The average Bonchev–Trinajstić information content (AvgIpc) is 2.68. The lowest BCUT2D eigenvalue weighted by Crippen LogP contribution is -2.48. The molecule has 2 nitrogen and oxygen atoms in total. The second-order valence-corrected chi connectivity index (χ2v) is 11.2. The van der Waals surface area contributed by atoms with E-state index in [4.69, 9.17) is 4.74 Å². The van der Waals surface area contributed by atoms with E-state index in [0.717, 1.165) is 20.8 Å². The molecule has 0 heterocycles. The molecule has 0 aliphatic rings. The van der Waals surface area contributed by atoms with Crippen LogP contribution in [-0.4, -0.2) is 54.2 Å². The molecule has 0 fully saturated rings. The maximum absolute atomic E-state index is 5.47. The highest BCUT2D eigenvalue weighted by Gasteiger charge is 2.23. The third kappa shape index (κ3) is 17.0.